The Morgan fingerprint density at radius 2 is 0.974 bits per heavy atom. The third kappa shape index (κ3) is 5.20. The van der Waals surface area contributed by atoms with Gasteiger partial charge in [-0.15, -0.1) is 0 Å². The molecule has 0 heterocycles. The molecule has 10 unspecified atom stereocenters. The van der Waals surface area contributed by atoms with Crippen LogP contribution in [0.5, 0.6) is 0 Å². The summed E-state index contributed by atoms with van der Waals surface area (Å²) in [5.74, 6) is 11.9. The highest BCUT2D eigenvalue weighted by atomic mass is 28.3. The molecular formula is C38H68Si. The van der Waals surface area contributed by atoms with Crippen molar-refractivity contribution in [3.8, 4) is 0 Å². The van der Waals surface area contributed by atoms with E-state index in [4.69, 9.17) is 0 Å². The van der Waals surface area contributed by atoms with Gasteiger partial charge in [0.05, 0.1) is 8.07 Å². The molecule has 1 heteroatoms. The van der Waals surface area contributed by atoms with Gasteiger partial charge in [0.2, 0.25) is 0 Å². The second-order valence-corrected chi connectivity index (χ2v) is 22.2. The van der Waals surface area contributed by atoms with Crippen LogP contribution in [0.25, 0.3) is 0 Å². The Bertz CT molecular complexity index is 770. The molecule has 0 radical (unpaired) electrons. The van der Waals surface area contributed by atoms with Gasteiger partial charge in [0, 0.05) is 0 Å². The topological polar surface area (TPSA) is 0 Å². The zero-order valence-corrected chi connectivity index (χ0v) is 28.1. The molecule has 0 saturated heterocycles. The van der Waals surface area contributed by atoms with Crippen molar-refractivity contribution in [3.63, 3.8) is 0 Å². The van der Waals surface area contributed by atoms with Crippen molar-refractivity contribution in [3.05, 3.63) is 0 Å². The summed E-state index contributed by atoms with van der Waals surface area (Å²) in [5, 5.41) is 0. The van der Waals surface area contributed by atoms with Gasteiger partial charge in [0.25, 0.3) is 0 Å². The van der Waals surface area contributed by atoms with Crippen LogP contribution in [0.4, 0.5) is 0 Å². The van der Waals surface area contributed by atoms with E-state index in [0.717, 1.165) is 76.2 Å². The first-order valence-corrected chi connectivity index (χ1v) is 21.6. The van der Waals surface area contributed by atoms with E-state index in [1.54, 1.807) is 115 Å². The fourth-order valence-electron chi connectivity index (χ4n) is 14.3. The van der Waals surface area contributed by atoms with Gasteiger partial charge in [-0.05, 0) is 102 Å². The van der Waals surface area contributed by atoms with Gasteiger partial charge in [0.1, 0.15) is 0 Å². The van der Waals surface area contributed by atoms with E-state index in [2.05, 4.69) is 34.6 Å². The molecule has 0 aliphatic heterocycles. The Morgan fingerprint density at radius 3 is 1.46 bits per heavy atom. The lowest BCUT2D eigenvalue weighted by molar-refractivity contribution is 0.0945. The molecule has 6 fully saturated rings. The van der Waals surface area contributed by atoms with Gasteiger partial charge >= 0.3 is 0 Å². The Kier molecular flexibility index (Phi) is 9.35. The molecule has 6 saturated carbocycles. The summed E-state index contributed by atoms with van der Waals surface area (Å²) < 4.78 is 0. The molecule has 0 amide bonds. The Hall–Kier alpha value is 0.217. The second kappa shape index (κ2) is 12.4. The number of hydrogen-bond donors (Lipinski definition) is 0. The quantitative estimate of drug-likeness (QED) is 0.275. The average Bonchev–Trinajstić information content (AvgIpc) is 3.54. The summed E-state index contributed by atoms with van der Waals surface area (Å²) in [6, 6.07) is 3.22. The van der Waals surface area contributed by atoms with Crippen molar-refractivity contribution >= 4 is 8.07 Å². The van der Waals surface area contributed by atoms with Crippen LogP contribution in [-0.2, 0) is 0 Å². The summed E-state index contributed by atoms with van der Waals surface area (Å²) >= 11 is 0. The van der Waals surface area contributed by atoms with Crippen LogP contribution in [-0.4, -0.2) is 8.07 Å². The van der Waals surface area contributed by atoms with Crippen molar-refractivity contribution in [2.45, 2.75) is 173 Å². The monoisotopic (exact) mass is 553 g/mol. The predicted molar refractivity (Wildman–Crippen MR) is 173 cm³/mol. The first-order valence-electron chi connectivity index (χ1n) is 19.0. The van der Waals surface area contributed by atoms with E-state index in [1.165, 1.54) is 12.8 Å². The average molecular weight is 553 g/mol. The fourth-order valence-corrected chi connectivity index (χ4v) is 22.3. The Labute approximate surface area is 246 Å². The molecule has 0 nitrogen and oxygen atoms in total. The van der Waals surface area contributed by atoms with Crippen molar-refractivity contribution < 1.29 is 0 Å². The minimum absolute atomic E-state index is 0.909. The molecule has 0 bridgehead atoms. The molecule has 6 aliphatic carbocycles. The van der Waals surface area contributed by atoms with E-state index in [0.29, 0.717) is 0 Å². The second-order valence-electron chi connectivity index (χ2n) is 17.0. The van der Waals surface area contributed by atoms with Crippen molar-refractivity contribution in [1.29, 1.82) is 0 Å². The largest absolute Gasteiger partial charge is 0.0678 e. The molecule has 224 valence electrons. The van der Waals surface area contributed by atoms with Crippen molar-refractivity contribution in [2.75, 3.05) is 0 Å². The maximum Gasteiger partial charge on any atom is 0.0603 e. The van der Waals surface area contributed by atoms with Gasteiger partial charge in [-0.2, -0.15) is 0 Å². The molecule has 39 heavy (non-hydrogen) atoms. The van der Waals surface area contributed by atoms with E-state index in [-0.39, 0.29) is 0 Å². The molecule has 0 aromatic rings. The molecule has 0 N–H and O–H groups in total. The molecule has 0 spiro atoms. The zero-order valence-electron chi connectivity index (χ0n) is 27.1. The number of rotatable bonds is 7. The molecule has 0 aromatic carbocycles. The maximum atomic E-state index is 2.80. The predicted octanol–water partition coefficient (Wildman–Crippen LogP) is 12.2. The van der Waals surface area contributed by atoms with E-state index < -0.39 is 8.07 Å². The lowest BCUT2D eigenvalue weighted by Crippen LogP contribution is -2.52. The first-order chi connectivity index (χ1) is 19.0. The summed E-state index contributed by atoms with van der Waals surface area (Å²) in [6.45, 7) is 13.6. The standard InChI is InChI=1S/C38H68Si/c1-6-39(7-2,37-27(5)24-35-30(20-14-22-32(35)37)28-16-10-8-11-17-28)38-33-23-15-21-31(29-18-12-9-13-19-29)36(33)25-34(38)26(3)4/h26-38H,6-25H2,1-5H3. The Morgan fingerprint density at radius 1 is 0.513 bits per heavy atom. The van der Waals surface area contributed by atoms with Crippen molar-refractivity contribution in [1.82, 2.24) is 0 Å². The van der Waals surface area contributed by atoms with Gasteiger partial charge in [-0.3, -0.25) is 0 Å². The summed E-state index contributed by atoms with van der Waals surface area (Å²) in [6.07, 6.45) is 28.4. The van der Waals surface area contributed by atoms with Gasteiger partial charge in [0.15, 0.2) is 0 Å². The highest BCUT2D eigenvalue weighted by Crippen LogP contribution is 2.69. The first kappa shape index (κ1) is 29.3. The highest BCUT2D eigenvalue weighted by Gasteiger charge is 2.63. The SMILES string of the molecule is CC[Si](CC)(C1C(C)CC2C(C3CCCCC3)CCCC21)C1C(C(C)C)CC2C(C3CCCCC3)CCCC21. The third-order valence-electron chi connectivity index (χ3n) is 15.5. The van der Waals surface area contributed by atoms with Crippen LogP contribution in [0.15, 0.2) is 0 Å². The van der Waals surface area contributed by atoms with Crippen LogP contribution < -0.4 is 0 Å². The Balaban J connectivity index is 1.32. The fraction of sp³-hybridized carbons (Fsp3) is 1.00. The molecule has 6 rings (SSSR count). The van der Waals surface area contributed by atoms with Crippen LogP contribution in [0, 0.1) is 65.1 Å². The zero-order chi connectivity index (χ0) is 27.1. The number of hydrogen-bond acceptors (Lipinski definition) is 0. The maximum absolute atomic E-state index is 2.80. The van der Waals surface area contributed by atoms with E-state index >= 15 is 0 Å². The molecule has 0 aromatic heterocycles. The van der Waals surface area contributed by atoms with Gasteiger partial charge in [-0.1, -0.05) is 137 Å². The lowest BCUT2D eigenvalue weighted by atomic mass is 9.65. The van der Waals surface area contributed by atoms with Crippen LogP contribution in [0.2, 0.25) is 23.2 Å². The summed E-state index contributed by atoms with van der Waals surface area (Å²) in [7, 11) is -1.44. The van der Waals surface area contributed by atoms with Gasteiger partial charge < -0.3 is 0 Å². The van der Waals surface area contributed by atoms with Crippen LogP contribution >= 0.6 is 0 Å². The van der Waals surface area contributed by atoms with Gasteiger partial charge in [-0.25, -0.2) is 0 Å². The molecular weight excluding hydrogens is 485 g/mol. The van der Waals surface area contributed by atoms with Crippen LogP contribution in [0.1, 0.15) is 150 Å². The lowest BCUT2D eigenvalue weighted by Gasteiger charge is -2.53. The highest BCUT2D eigenvalue weighted by molar-refractivity contribution is 6.82. The smallest absolute Gasteiger partial charge is 0.0603 e. The van der Waals surface area contributed by atoms with E-state index in [9.17, 15) is 0 Å². The minimum Gasteiger partial charge on any atom is -0.0678 e. The normalized spacial score (nSPS) is 44.5. The molecule has 6 aliphatic rings. The third-order valence-corrected chi connectivity index (χ3v) is 22.7. The summed E-state index contributed by atoms with van der Waals surface area (Å²) in [5.41, 5.74) is 2.31. The molecule has 10 atom stereocenters. The minimum atomic E-state index is -1.44. The summed E-state index contributed by atoms with van der Waals surface area (Å²) in [4.78, 5) is 0. The van der Waals surface area contributed by atoms with E-state index in [1.807, 2.05) is 0 Å². The van der Waals surface area contributed by atoms with Crippen molar-refractivity contribution in [2.24, 2.45) is 65.1 Å². The van der Waals surface area contributed by atoms with Crippen LogP contribution in [0.3, 0.4) is 0 Å². The number of fused-ring (bicyclic) bond motifs is 2.